The van der Waals surface area contributed by atoms with Gasteiger partial charge in [0.15, 0.2) is 0 Å². The lowest BCUT2D eigenvalue weighted by Gasteiger charge is -2.23. The summed E-state index contributed by atoms with van der Waals surface area (Å²) in [6.45, 7) is 0.676. The smallest absolute Gasteiger partial charge is 0.0465 e. The first kappa shape index (κ1) is 13.3. The van der Waals surface area contributed by atoms with E-state index in [9.17, 15) is 4.21 Å². The van der Waals surface area contributed by atoms with Crippen LogP contribution in [-0.4, -0.2) is 21.8 Å². The summed E-state index contributed by atoms with van der Waals surface area (Å²) in [6.07, 6.45) is 1.93. The second-order valence-electron chi connectivity index (χ2n) is 4.20. The van der Waals surface area contributed by atoms with Crippen molar-refractivity contribution >= 4 is 34.0 Å². The molecular formula is C12H15Cl2NOS. The number of hydrogen-bond donors (Lipinski definition) is 1. The van der Waals surface area contributed by atoms with Crippen LogP contribution in [-0.2, 0) is 17.3 Å². The SMILES string of the molecule is O=S1CCC(NCc2c(Cl)cccc2Cl)CC1. The van der Waals surface area contributed by atoms with Gasteiger partial charge in [-0.05, 0) is 25.0 Å². The number of halogens is 2. The summed E-state index contributed by atoms with van der Waals surface area (Å²) in [4.78, 5) is 0. The third-order valence-electron chi connectivity index (χ3n) is 3.02. The molecule has 2 rings (SSSR count). The van der Waals surface area contributed by atoms with E-state index in [1.165, 1.54) is 0 Å². The van der Waals surface area contributed by atoms with Crippen LogP contribution in [0.5, 0.6) is 0 Å². The molecule has 5 heteroatoms. The van der Waals surface area contributed by atoms with Crippen molar-refractivity contribution in [3.05, 3.63) is 33.8 Å². The number of rotatable bonds is 3. The molecule has 0 spiro atoms. The van der Waals surface area contributed by atoms with Crippen LogP contribution in [0.4, 0.5) is 0 Å². The lowest BCUT2D eigenvalue weighted by molar-refractivity contribution is 0.475. The molecule has 1 aliphatic rings. The molecule has 1 aromatic carbocycles. The normalized spacial score (nSPS) is 24.8. The van der Waals surface area contributed by atoms with Gasteiger partial charge in [0.25, 0.3) is 0 Å². The van der Waals surface area contributed by atoms with Crippen molar-refractivity contribution in [2.24, 2.45) is 0 Å². The molecule has 1 N–H and O–H groups in total. The Bertz CT molecular complexity index is 395. The van der Waals surface area contributed by atoms with E-state index in [4.69, 9.17) is 23.2 Å². The third kappa shape index (κ3) is 3.68. The van der Waals surface area contributed by atoms with E-state index in [1.807, 2.05) is 18.2 Å². The van der Waals surface area contributed by atoms with E-state index in [1.54, 1.807) is 0 Å². The Morgan fingerprint density at radius 3 is 2.41 bits per heavy atom. The number of benzene rings is 1. The summed E-state index contributed by atoms with van der Waals surface area (Å²) < 4.78 is 11.2. The topological polar surface area (TPSA) is 29.1 Å². The zero-order chi connectivity index (χ0) is 12.3. The van der Waals surface area contributed by atoms with Crippen LogP contribution in [0.3, 0.4) is 0 Å². The van der Waals surface area contributed by atoms with Crippen molar-refractivity contribution < 1.29 is 4.21 Å². The van der Waals surface area contributed by atoms with Gasteiger partial charge >= 0.3 is 0 Å². The van der Waals surface area contributed by atoms with Crippen molar-refractivity contribution in [3.8, 4) is 0 Å². The standard InChI is InChI=1S/C12H15Cl2NOS/c13-11-2-1-3-12(14)10(11)8-15-9-4-6-17(16)7-5-9/h1-3,9,15H,4-8H2. The van der Waals surface area contributed by atoms with Gasteiger partial charge in [0.05, 0.1) is 0 Å². The summed E-state index contributed by atoms with van der Waals surface area (Å²) in [5.41, 5.74) is 0.947. The highest BCUT2D eigenvalue weighted by Gasteiger charge is 2.17. The Hall–Kier alpha value is -0.0900. The maximum absolute atomic E-state index is 11.2. The minimum atomic E-state index is -0.610. The minimum Gasteiger partial charge on any atom is -0.310 e. The van der Waals surface area contributed by atoms with Gasteiger partial charge in [0.1, 0.15) is 0 Å². The largest absolute Gasteiger partial charge is 0.310 e. The molecule has 1 aliphatic heterocycles. The fourth-order valence-electron chi connectivity index (χ4n) is 1.95. The van der Waals surface area contributed by atoms with E-state index in [0.717, 1.165) is 29.9 Å². The predicted molar refractivity (Wildman–Crippen MR) is 74.2 cm³/mol. The average molecular weight is 292 g/mol. The van der Waals surface area contributed by atoms with Crippen LogP contribution in [0.25, 0.3) is 0 Å². The molecule has 0 aliphatic carbocycles. The van der Waals surface area contributed by atoms with Crippen molar-refractivity contribution in [2.45, 2.75) is 25.4 Å². The molecule has 94 valence electrons. The van der Waals surface area contributed by atoms with Crippen LogP contribution in [0.15, 0.2) is 18.2 Å². The van der Waals surface area contributed by atoms with Gasteiger partial charge in [-0.1, -0.05) is 29.3 Å². The molecule has 0 unspecified atom stereocenters. The molecule has 1 aromatic rings. The minimum absolute atomic E-state index is 0.431. The molecule has 0 saturated carbocycles. The van der Waals surface area contributed by atoms with E-state index in [2.05, 4.69) is 5.32 Å². The quantitative estimate of drug-likeness (QED) is 0.928. The molecule has 0 amide bonds. The monoisotopic (exact) mass is 291 g/mol. The molecule has 1 fully saturated rings. The summed E-state index contributed by atoms with van der Waals surface area (Å²) in [6, 6.07) is 5.97. The maximum Gasteiger partial charge on any atom is 0.0465 e. The number of nitrogens with one attached hydrogen (secondary N) is 1. The van der Waals surface area contributed by atoms with Gasteiger partial charge in [-0.15, -0.1) is 0 Å². The van der Waals surface area contributed by atoms with Gasteiger partial charge in [-0.3, -0.25) is 4.21 Å². The highest BCUT2D eigenvalue weighted by molar-refractivity contribution is 7.85. The van der Waals surface area contributed by atoms with Crippen LogP contribution in [0.2, 0.25) is 10.0 Å². The molecule has 1 heterocycles. The summed E-state index contributed by atoms with van der Waals surface area (Å²) in [5.74, 6) is 1.60. The number of hydrogen-bond acceptors (Lipinski definition) is 2. The van der Waals surface area contributed by atoms with Gasteiger partial charge in [-0.25, -0.2) is 0 Å². The molecule has 0 aromatic heterocycles. The van der Waals surface area contributed by atoms with Crippen molar-refractivity contribution in [1.82, 2.24) is 5.32 Å². The zero-order valence-electron chi connectivity index (χ0n) is 9.42. The van der Waals surface area contributed by atoms with Gasteiger partial charge in [0.2, 0.25) is 0 Å². The van der Waals surface area contributed by atoms with Crippen molar-refractivity contribution in [3.63, 3.8) is 0 Å². The predicted octanol–water partition coefficient (Wildman–Crippen LogP) is 2.99. The second-order valence-corrected chi connectivity index (χ2v) is 6.71. The van der Waals surface area contributed by atoms with E-state index < -0.39 is 10.8 Å². The Labute approximate surface area is 114 Å². The van der Waals surface area contributed by atoms with E-state index >= 15 is 0 Å². The van der Waals surface area contributed by atoms with E-state index in [0.29, 0.717) is 22.6 Å². The van der Waals surface area contributed by atoms with Gasteiger partial charge in [0, 0.05) is 50.5 Å². The van der Waals surface area contributed by atoms with Gasteiger partial charge < -0.3 is 5.32 Å². The first-order valence-electron chi connectivity index (χ1n) is 5.68. The fraction of sp³-hybridized carbons (Fsp3) is 0.500. The highest BCUT2D eigenvalue weighted by Crippen LogP contribution is 2.24. The Balaban J connectivity index is 1.91. The Kier molecular flexibility index (Phi) is 4.86. The third-order valence-corrected chi connectivity index (χ3v) is 5.11. The molecule has 17 heavy (non-hydrogen) atoms. The average Bonchev–Trinajstić information content (AvgIpc) is 2.31. The Morgan fingerprint density at radius 2 is 1.82 bits per heavy atom. The fourth-order valence-corrected chi connectivity index (χ4v) is 3.78. The molecule has 0 radical (unpaired) electrons. The van der Waals surface area contributed by atoms with Crippen LogP contribution >= 0.6 is 23.2 Å². The van der Waals surface area contributed by atoms with E-state index in [-0.39, 0.29) is 0 Å². The first-order valence-corrected chi connectivity index (χ1v) is 7.92. The molecule has 1 saturated heterocycles. The lowest BCUT2D eigenvalue weighted by atomic mass is 10.1. The van der Waals surface area contributed by atoms with Crippen LogP contribution < -0.4 is 5.32 Å². The van der Waals surface area contributed by atoms with Gasteiger partial charge in [-0.2, -0.15) is 0 Å². The molecule has 0 bridgehead atoms. The van der Waals surface area contributed by atoms with Crippen molar-refractivity contribution in [1.29, 1.82) is 0 Å². The first-order chi connectivity index (χ1) is 8.16. The highest BCUT2D eigenvalue weighted by atomic mass is 35.5. The summed E-state index contributed by atoms with van der Waals surface area (Å²) in [5, 5.41) is 4.83. The van der Waals surface area contributed by atoms with Crippen LogP contribution in [0, 0.1) is 0 Å². The summed E-state index contributed by atoms with van der Waals surface area (Å²) in [7, 11) is -0.610. The zero-order valence-corrected chi connectivity index (χ0v) is 11.7. The summed E-state index contributed by atoms with van der Waals surface area (Å²) >= 11 is 12.2. The Morgan fingerprint density at radius 1 is 1.24 bits per heavy atom. The lowest BCUT2D eigenvalue weighted by Crippen LogP contribution is -2.35. The molecule has 2 nitrogen and oxygen atoms in total. The molecular weight excluding hydrogens is 277 g/mol. The van der Waals surface area contributed by atoms with Crippen LogP contribution in [0.1, 0.15) is 18.4 Å². The maximum atomic E-state index is 11.2. The second kappa shape index (κ2) is 6.19. The van der Waals surface area contributed by atoms with Crippen molar-refractivity contribution in [2.75, 3.05) is 11.5 Å². The molecule has 0 atom stereocenters.